The first-order valence-electron chi connectivity index (χ1n) is 7.73. The van der Waals surface area contributed by atoms with E-state index >= 15 is 0 Å². The largest absolute Gasteiger partial charge is 0.493 e. The molecule has 3 unspecified atom stereocenters. The Morgan fingerprint density at radius 1 is 1.10 bits per heavy atom. The molecule has 4 nitrogen and oxygen atoms in total. The van der Waals surface area contributed by atoms with Gasteiger partial charge >= 0.3 is 0 Å². The van der Waals surface area contributed by atoms with Crippen LogP contribution in [0.5, 0.6) is 17.2 Å². The van der Waals surface area contributed by atoms with E-state index in [-0.39, 0.29) is 6.61 Å². The van der Waals surface area contributed by atoms with Crippen molar-refractivity contribution >= 4 is 0 Å². The molecule has 0 aromatic heterocycles. The van der Waals surface area contributed by atoms with Gasteiger partial charge in [-0.2, -0.15) is 0 Å². The summed E-state index contributed by atoms with van der Waals surface area (Å²) < 4.78 is 16.8. The molecule has 0 radical (unpaired) electrons. The highest BCUT2D eigenvalue weighted by Gasteiger charge is 2.39. The SMILES string of the molecule is COc1cc(CO)cc(OC)c1OCC1CC2CCC1C2. The Balaban J connectivity index is 1.74. The molecule has 0 amide bonds. The first kappa shape index (κ1) is 14.5. The second kappa shape index (κ2) is 6.14. The lowest BCUT2D eigenvalue weighted by atomic mass is 9.89. The van der Waals surface area contributed by atoms with Gasteiger partial charge in [-0.05, 0) is 54.7 Å². The number of methoxy groups -OCH3 is 2. The van der Waals surface area contributed by atoms with E-state index in [0.29, 0.717) is 23.2 Å². The average molecular weight is 292 g/mol. The van der Waals surface area contributed by atoms with Crippen molar-refractivity contribution in [3.63, 3.8) is 0 Å². The van der Waals surface area contributed by atoms with Crippen LogP contribution >= 0.6 is 0 Å². The zero-order valence-corrected chi connectivity index (χ0v) is 12.8. The Kier molecular flexibility index (Phi) is 4.24. The highest BCUT2D eigenvalue weighted by Crippen LogP contribution is 2.49. The van der Waals surface area contributed by atoms with Crippen LogP contribution < -0.4 is 14.2 Å². The van der Waals surface area contributed by atoms with E-state index in [9.17, 15) is 5.11 Å². The van der Waals surface area contributed by atoms with Crippen LogP contribution in [0.3, 0.4) is 0 Å². The van der Waals surface area contributed by atoms with Gasteiger partial charge < -0.3 is 19.3 Å². The summed E-state index contributed by atoms with van der Waals surface area (Å²) in [6, 6.07) is 3.61. The van der Waals surface area contributed by atoms with Gasteiger partial charge in [0.15, 0.2) is 11.5 Å². The molecule has 0 spiro atoms. The lowest BCUT2D eigenvalue weighted by Crippen LogP contribution is -2.19. The van der Waals surface area contributed by atoms with Crippen molar-refractivity contribution in [2.75, 3.05) is 20.8 Å². The normalized spacial score (nSPS) is 26.9. The second-order valence-corrected chi connectivity index (χ2v) is 6.23. The maximum absolute atomic E-state index is 9.29. The standard InChI is InChI=1S/C17H24O4/c1-19-15-7-12(9-18)8-16(20-2)17(15)21-10-14-6-11-3-4-13(14)5-11/h7-8,11,13-14,18H,3-6,9-10H2,1-2H3. The monoisotopic (exact) mass is 292 g/mol. The average Bonchev–Trinajstić information content (AvgIpc) is 3.14. The van der Waals surface area contributed by atoms with Crippen molar-refractivity contribution in [1.29, 1.82) is 0 Å². The Morgan fingerprint density at radius 2 is 1.81 bits per heavy atom. The Morgan fingerprint density at radius 3 is 2.29 bits per heavy atom. The van der Waals surface area contributed by atoms with Crippen LogP contribution in [0.1, 0.15) is 31.2 Å². The van der Waals surface area contributed by atoms with E-state index in [1.807, 2.05) is 0 Å². The van der Waals surface area contributed by atoms with E-state index in [1.165, 1.54) is 25.7 Å². The Hall–Kier alpha value is -1.42. The van der Waals surface area contributed by atoms with Crippen molar-refractivity contribution in [2.24, 2.45) is 17.8 Å². The zero-order chi connectivity index (χ0) is 14.8. The van der Waals surface area contributed by atoms with E-state index in [1.54, 1.807) is 26.4 Å². The van der Waals surface area contributed by atoms with Gasteiger partial charge in [-0.1, -0.05) is 6.42 Å². The van der Waals surface area contributed by atoms with E-state index in [2.05, 4.69) is 0 Å². The molecule has 1 aromatic rings. The summed E-state index contributed by atoms with van der Waals surface area (Å²) in [4.78, 5) is 0. The molecule has 2 bridgehead atoms. The number of hydrogen-bond acceptors (Lipinski definition) is 4. The highest BCUT2D eigenvalue weighted by atomic mass is 16.5. The molecule has 0 aliphatic heterocycles. The number of hydrogen-bond donors (Lipinski definition) is 1. The van der Waals surface area contributed by atoms with Gasteiger partial charge in [-0.25, -0.2) is 0 Å². The van der Waals surface area contributed by atoms with Crippen LogP contribution in [0.2, 0.25) is 0 Å². The predicted molar refractivity (Wildman–Crippen MR) is 79.9 cm³/mol. The molecule has 116 valence electrons. The minimum Gasteiger partial charge on any atom is -0.493 e. The summed E-state index contributed by atoms with van der Waals surface area (Å²) in [5.41, 5.74) is 0.760. The number of aliphatic hydroxyl groups excluding tert-OH is 1. The predicted octanol–water partition coefficient (Wildman–Crippen LogP) is 3.01. The number of rotatable bonds is 6. The molecule has 2 aliphatic carbocycles. The summed E-state index contributed by atoms with van der Waals surface area (Å²) in [5, 5.41) is 9.29. The van der Waals surface area contributed by atoms with Crippen molar-refractivity contribution in [3.8, 4) is 17.2 Å². The number of aliphatic hydroxyl groups is 1. The third-order valence-corrected chi connectivity index (χ3v) is 5.03. The first-order chi connectivity index (χ1) is 10.2. The quantitative estimate of drug-likeness (QED) is 0.875. The Labute approximate surface area is 126 Å². The van der Waals surface area contributed by atoms with Crippen LogP contribution in [0.25, 0.3) is 0 Å². The zero-order valence-electron chi connectivity index (χ0n) is 12.8. The van der Waals surface area contributed by atoms with Crippen LogP contribution in [-0.4, -0.2) is 25.9 Å². The van der Waals surface area contributed by atoms with Crippen molar-refractivity contribution in [2.45, 2.75) is 32.3 Å². The van der Waals surface area contributed by atoms with Gasteiger partial charge in [0.1, 0.15) is 0 Å². The van der Waals surface area contributed by atoms with E-state index in [0.717, 1.165) is 24.0 Å². The molecule has 0 saturated heterocycles. The maximum Gasteiger partial charge on any atom is 0.203 e. The minimum atomic E-state index is -0.0423. The molecule has 2 fully saturated rings. The molecule has 0 heterocycles. The molecule has 3 atom stereocenters. The van der Waals surface area contributed by atoms with Gasteiger partial charge in [0, 0.05) is 0 Å². The fourth-order valence-electron chi connectivity index (χ4n) is 3.94. The van der Waals surface area contributed by atoms with Crippen molar-refractivity contribution < 1.29 is 19.3 Å². The lowest BCUT2D eigenvalue weighted by Gasteiger charge is -2.23. The highest BCUT2D eigenvalue weighted by molar-refractivity contribution is 5.53. The first-order valence-corrected chi connectivity index (χ1v) is 7.73. The molecule has 21 heavy (non-hydrogen) atoms. The summed E-state index contributed by atoms with van der Waals surface area (Å²) in [6.07, 6.45) is 5.44. The van der Waals surface area contributed by atoms with Gasteiger partial charge in [0.2, 0.25) is 5.75 Å². The molecular formula is C17H24O4. The van der Waals surface area contributed by atoms with Gasteiger partial charge in [0.25, 0.3) is 0 Å². The van der Waals surface area contributed by atoms with Crippen LogP contribution in [0.4, 0.5) is 0 Å². The van der Waals surface area contributed by atoms with E-state index < -0.39 is 0 Å². The van der Waals surface area contributed by atoms with Gasteiger partial charge in [-0.3, -0.25) is 0 Å². The molecular weight excluding hydrogens is 268 g/mol. The van der Waals surface area contributed by atoms with Crippen LogP contribution in [-0.2, 0) is 6.61 Å². The smallest absolute Gasteiger partial charge is 0.203 e. The molecule has 4 heteroatoms. The third-order valence-electron chi connectivity index (χ3n) is 5.03. The summed E-state index contributed by atoms with van der Waals surface area (Å²) in [5.74, 6) is 4.33. The lowest BCUT2D eigenvalue weighted by molar-refractivity contribution is 0.183. The number of benzene rings is 1. The minimum absolute atomic E-state index is 0.0423. The van der Waals surface area contributed by atoms with Crippen LogP contribution in [0, 0.1) is 17.8 Å². The Bertz CT molecular complexity index is 475. The summed E-state index contributed by atoms with van der Waals surface area (Å²) >= 11 is 0. The second-order valence-electron chi connectivity index (χ2n) is 6.23. The summed E-state index contributed by atoms with van der Waals surface area (Å²) in [7, 11) is 3.22. The van der Waals surface area contributed by atoms with E-state index in [4.69, 9.17) is 14.2 Å². The molecule has 2 saturated carbocycles. The van der Waals surface area contributed by atoms with Crippen molar-refractivity contribution in [3.05, 3.63) is 17.7 Å². The van der Waals surface area contributed by atoms with Crippen LogP contribution in [0.15, 0.2) is 12.1 Å². The van der Waals surface area contributed by atoms with Gasteiger partial charge in [-0.15, -0.1) is 0 Å². The molecule has 1 aromatic carbocycles. The fourth-order valence-corrected chi connectivity index (χ4v) is 3.94. The molecule has 2 aliphatic rings. The summed E-state index contributed by atoms with van der Waals surface area (Å²) in [6.45, 7) is 0.686. The fraction of sp³-hybridized carbons (Fsp3) is 0.647. The molecule has 1 N–H and O–H groups in total. The van der Waals surface area contributed by atoms with Crippen molar-refractivity contribution in [1.82, 2.24) is 0 Å². The number of fused-ring (bicyclic) bond motifs is 2. The van der Waals surface area contributed by atoms with Gasteiger partial charge in [0.05, 0.1) is 27.4 Å². The topological polar surface area (TPSA) is 47.9 Å². The maximum atomic E-state index is 9.29. The molecule has 3 rings (SSSR count). The number of ether oxygens (including phenoxy) is 3. The third kappa shape index (κ3) is 2.82.